The van der Waals surface area contributed by atoms with E-state index < -0.39 is 0 Å². The van der Waals surface area contributed by atoms with E-state index in [2.05, 4.69) is 10.5 Å². The van der Waals surface area contributed by atoms with Gasteiger partial charge < -0.3 is 21.4 Å². The minimum absolute atomic E-state index is 0.197. The van der Waals surface area contributed by atoms with E-state index in [0.29, 0.717) is 19.5 Å². The quantitative estimate of drug-likeness (QED) is 0.138. The molecule has 0 aromatic heterocycles. The highest BCUT2D eigenvalue weighted by molar-refractivity contribution is 5.79. The summed E-state index contributed by atoms with van der Waals surface area (Å²) in [6.45, 7) is 2.83. The summed E-state index contributed by atoms with van der Waals surface area (Å²) in [6.07, 6.45) is 0.130. The van der Waals surface area contributed by atoms with Crippen LogP contribution in [0.15, 0.2) is 5.16 Å². The molecule has 0 aromatic rings. The van der Waals surface area contributed by atoms with Crippen LogP contribution in [0.25, 0.3) is 0 Å². The van der Waals surface area contributed by atoms with Crippen LogP contribution in [0.4, 0.5) is 0 Å². The van der Waals surface area contributed by atoms with Gasteiger partial charge in [0.25, 0.3) is 0 Å². The van der Waals surface area contributed by atoms with E-state index in [1.807, 2.05) is 0 Å². The molecule has 66 valence electrons. The maximum atomic E-state index is 8.80. The van der Waals surface area contributed by atoms with Crippen LogP contribution in [0.5, 0.6) is 0 Å². The van der Waals surface area contributed by atoms with Crippen LogP contribution in [0.2, 0.25) is 0 Å². The van der Waals surface area contributed by atoms with Crippen molar-refractivity contribution in [1.29, 1.82) is 0 Å². The van der Waals surface area contributed by atoms with Crippen LogP contribution in [-0.4, -0.2) is 35.3 Å². The highest BCUT2D eigenvalue weighted by Gasteiger charge is 1.95. The number of oxime groups is 1. The fourth-order valence-electron chi connectivity index (χ4n) is 0.577. The van der Waals surface area contributed by atoms with Gasteiger partial charge in [-0.25, -0.2) is 0 Å². The van der Waals surface area contributed by atoms with Gasteiger partial charge in [0.05, 0.1) is 6.10 Å². The van der Waals surface area contributed by atoms with Crippen LogP contribution < -0.4 is 11.1 Å². The number of aliphatic hydroxyl groups excluding tert-OH is 1. The molecule has 0 spiro atoms. The number of nitrogens with zero attached hydrogens (tertiary/aromatic N) is 1. The summed E-state index contributed by atoms with van der Waals surface area (Å²) in [5.74, 6) is 0.197. The zero-order valence-electron chi connectivity index (χ0n) is 6.62. The van der Waals surface area contributed by atoms with Crippen molar-refractivity contribution in [2.45, 2.75) is 19.4 Å². The number of amidine groups is 1. The Morgan fingerprint density at radius 1 is 1.73 bits per heavy atom. The number of nitrogens with two attached hydrogens (primary N) is 1. The van der Waals surface area contributed by atoms with Crippen molar-refractivity contribution < 1.29 is 10.3 Å². The second-order valence-corrected chi connectivity index (χ2v) is 2.39. The Morgan fingerprint density at radius 3 is 2.82 bits per heavy atom. The molecule has 1 unspecified atom stereocenters. The summed E-state index contributed by atoms with van der Waals surface area (Å²) < 4.78 is 0. The average molecular weight is 161 g/mol. The van der Waals surface area contributed by atoms with Crippen molar-refractivity contribution in [2.75, 3.05) is 13.1 Å². The van der Waals surface area contributed by atoms with Gasteiger partial charge in [-0.15, -0.1) is 0 Å². The van der Waals surface area contributed by atoms with E-state index in [-0.39, 0.29) is 11.9 Å². The van der Waals surface area contributed by atoms with Crippen LogP contribution in [0.1, 0.15) is 13.3 Å². The summed E-state index contributed by atoms with van der Waals surface area (Å²) >= 11 is 0. The Bertz CT molecular complexity index is 125. The van der Waals surface area contributed by atoms with Crippen LogP contribution in [-0.2, 0) is 0 Å². The predicted molar refractivity (Wildman–Crippen MR) is 42.6 cm³/mol. The molecule has 0 saturated carbocycles. The number of hydrogen-bond acceptors (Lipinski definition) is 4. The molecule has 0 aliphatic carbocycles. The zero-order valence-corrected chi connectivity index (χ0v) is 6.62. The van der Waals surface area contributed by atoms with Crippen molar-refractivity contribution >= 4 is 5.84 Å². The molecule has 0 saturated heterocycles. The summed E-state index contributed by atoms with van der Waals surface area (Å²) in [5, 5.41) is 22.7. The maximum Gasteiger partial charge on any atom is 0.140 e. The molecule has 5 nitrogen and oxygen atoms in total. The first-order valence-corrected chi connectivity index (χ1v) is 3.52. The highest BCUT2D eigenvalue weighted by atomic mass is 16.4. The number of rotatable bonds is 5. The van der Waals surface area contributed by atoms with Gasteiger partial charge in [0, 0.05) is 19.5 Å². The molecule has 0 heterocycles. The third kappa shape index (κ3) is 7.08. The second-order valence-electron chi connectivity index (χ2n) is 2.39. The Hall–Kier alpha value is -0.810. The van der Waals surface area contributed by atoms with Crippen molar-refractivity contribution in [2.24, 2.45) is 10.9 Å². The second kappa shape index (κ2) is 5.94. The third-order valence-corrected chi connectivity index (χ3v) is 1.13. The molecule has 1 atom stereocenters. The van der Waals surface area contributed by atoms with Crippen molar-refractivity contribution in [3.8, 4) is 0 Å². The van der Waals surface area contributed by atoms with Gasteiger partial charge in [-0.05, 0) is 6.92 Å². The summed E-state index contributed by atoms with van der Waals surface area (Å²) in [5.41, 5.74) is 5.19. The predicted octanol–water partition coefficient (Wildman–Crippen LogP) is -0.907. The molecule has 5 N–H and O–H groups in total. The molecule has 11 heavy (non-hydrogen) atoms. The summed E-state index contributed by atoms with van der Waals surface area (Å²) in [7, 11) is 0. The number of hydrogen-bond donors (Lipinski definition) is 4. The fraction of sp³-hybridized carbons (Fsp3) is 0.833. The van der Waals surface area contributed by atoms with E-state index in [9.17, 15) is 0 Å². The standard InChI is InChI=1S/C6H15N3O2/c1-5(10)4-8-3-2-6(7)9-11/h5,8,10-11H,2-4H2,1H3,(H2,7,9). The van der Waals surface area contributed by atoms with Crippen LogP contribution in [0.3, 0.4) is 0 Å². The van der Waals surface area contributed by atoms with Crippen molar-refractivity contribution in [1.82, 2.24) is 5.32 Å². The van der Waals surface area contributed by atoms with Gasteiger partial charge in [0.2, 0.25) is 0 Å². The average Bonchev–Trinajstić information content (AvgIpc) is 1.97. The van der Waals surface area contributed by atoms with Gasteiger partial charge in [-0.3, -0.25) is 0 Å². The molecule has 0 radical (unpaired) electrons. The molecular weight excluding hydrogens is 146 g/mol. The molecule has 0 amide bonds. The minimum atomic E-state index is -0.359. The maximum absolute atomic E-state index is 8.80. The van der Waals surface area contributed by atoms with Crippen molar-refractivity contribution in [3.05, 3.63) is 0 Å². The Balaban J connectivity index is 3.15. The largest absolute Gasteiger partial charge is 0.409 e. The number of nitrogens with one attached hydrogen (secondary N) is 1. The molecule has 0 aliphatic heterocycles. The SMILES string of the molecule is CC(O)CNCCC(N)=NO. The Morgan fingerprint density at radius 2 is 2.36 bits per heavy atom. The lowest BCUT2D eigenvalue weighted by Gasteiger charge is -2.05. The first-order valence-electron chi connectivity index (χ1n) is 3.52. The van der Waals surface area contributed by atoms with Gasteiger partial charge in [0.15, 0.2) is 0 Å². The van der Waals surface area contributed by atoms with Crippen LogP contribution in [0, 0.1) is 0 Å². The van der Waals surface area contributed by atoms with Crippen molar-refractivity contribution in [3.63, 3.8) is 0 Å². The van der Waals surface area contributed by atoms with Gasteiger partial charge in [-0.1, -0.05) is 5.16 Å². The lowest BCUT2D eigenvalue weighted by Crippen LogP contribution is -2.28. The topological polar surface area (TPSA) is 90.9 Å². The van der Waals surface area contributed by atoms with E-state index in [1.165, 1.54) is 0 Å². The minimum Gasteiger partial charge on any atom is -0.409 e. The van der Waals surface area contributed by atoms with E-state index in [0.717, 1.165) is 0 Å². The molecular formula is C6H15N3O2. The van der Waals surface area contributed by atoms with E-state index in [1.54, 1.807) is 6.92 Å². The molecule has 0 bridgehead atoms. The van der Waals surface area contributed by atoms with Gasteiger partial charge in [-0.2, -0.15) is 0 Å². The normalized spacial score (nSPS) is 14.9. The number of aliphatic hydroxyl groups is 1. The Labute approximate surface area is 65.9 Å². The lowest BCUT2D eigenvalue weighted by molar-refractivity contribution is 0.192. The van der Waals surface area contributed by atoms with Gasteiger partial charge >= 0.3 is 0 Å². The Kier molecular flexibility index (Phi) is 5.50. The molecule has 0 fully saturated rings. The van der Waals surface area contributed by atoms with Crippen LogP contribution >= 0.6 is 0 Å². The van der Waals surface area contributed by atoms with Gasteiger partial charge in [0.1, 0.15) is 5.84 Å². The molecule has 0 aromatic carbocycles. The lowest BCUT2D eigenvalue weighted by atomic mass is 10.3. The first-order chi connectivity index (χ1) is 5.16. The third-order valence-electron chi connectivity index (χ3n) is 1.13. The summed E-state index contributed by atoms with van der Waals surface area (Å²) in [4.78, 5) is 0. The van der Waals surface area contributed by atoms with E-state index >= 15 is 0 Å². The zero-order chi connectivity index (χ0) is 8.69. The smallest absolute Gasteiger partial charge is 0.140 e. The summed E-state index contributed by atoms with van der Waals surface area (Å²) in [6, 6.07) is 0. The molecule has 0 aliphatic rings. The first kappa shape index (κ1) is 10.2. The molecule has 0 rings (SSSR count). The van der Waals surface area contributed by atoms with E-state index in [4.69, 9.17) is 16.0 Å². The fourth-order valence-corrected chi connectivity index (χ4v) is 0.577. The molecule has 5 heteroatoms. The highest BCUT2D eigenvalue weighted by Crippen LogP contribution is 1.78. The monoisotopic (exact) mass is 161 g/mol.